The van der Waals surface area contributed by atoms with Crippen LogP contribution in [0.1, 0.15) is 30.9 Å². The molecule has 0 aromatic heterocycles. The summed E-state index contributed by atoms with van der Waals surface area (Å²) in [6.45, 7) is 4.45. The van der Waals surface area contributed by atoms with Crippen molar-refractivity contribution >= 4 is 29.1 Å². The van der Waals surface area contributed by atoms with Crippen molar-refractivity contribution in [2.45, 2.75) is 39.2 Å². The van der Waals surface area contributed by atoms with E-state index in [1.807, 2.05) is 44.2 Å². The molecule has 0 bridgehead atoms. The normalized spacial score (nSPS) is 11.8. The fourth-order valence-corrected chi connectivity index (χ4v) is 2.69. The van der Waals surface area contributed by atoms with E-state index in [2.05, 4.69) is 5.32 Å². The molecule has 0 spiro atoms. The molecule has 3 nitrogen and oxygen atoms in total. The number of halogens is 2. The Morgan fingerprint density at radius 1 is 1.16 bits per heavy atom. The molecule has 0 saturated heterocycles. The highest BCUT2D eigenvalue weighted by molar-refractivity contribution is 6.31. The average Bonchev–Trinajstić information content (AvgIpc) is 2.61. The van der Waals surface area contributed by atoms with E-state index in [0.29, 0.717) is 23.7 Å². The van der Waals surface area contributed by atoms with Gasteiger partial charge in [-0.3, -0.25) is 4.79 Å². The lowest BCUT2D eigenvalue weighted by molar-refractivity contribution is -0.128. The van der Waals surface area contributed by atoms with Gasteiger partial charge in [0, 0.05) is 16.6 Å². The Kier molecular flexibility index (Phi) is 7.60. The molecule has 2 aromatic carbocycles. The monoisotopic (exact) mass is 379 g/mol. The summed E-state index contributed by atoms with van der Waals surface area (Å²) >= 11 is 11.9. The number of nitrogens with one attached hydrogen (secondary N) is 1. The molecule has 1 amide bonds. The van der Waals surface area contributed by atoms with Gasteiger partial charge in [-0.1, -0.05) is 42.3 Å². The van der Waals surface area contributed by atoms with Crippen molar-refractivity contribution in [1.29, 1.82) is 0 Å². The molecule has 0 aliphatic heterocycles. The second kappa shape index (κ2) is 9.69. The van der Waals surface area contributed by atoms with Crippen LogP contribution >= 0.6 is 23.2 Å². The maximum absolute atomic E-state index is 12.3. The van der Waals surface area contributed by atoms with E-state index >= 15 is 0 Å². The van der Waals surface area contributed by atoms with E-state index < -0.39 is 6.10 Å². The highest BCUT2D eigenvalue weighted by Gasteiger charge is 2.18. The Bertz CT molecular complexity index is 701. The predicted octanol–water partition coefficient (Wildman–Crippen LogP) is 5.21. The van der Waals surface area contributed by atoms with Gasteiger partial charge >= 0.3 is 0 Å². The van der Waals surface area contributed by atoms with Crippen molar-refractivity contribution in [3.05, 3.63) is 63.6 Å². The Balaban J connectivity index is 1.79. The lowest BCUT2D eigenvalue weighted by Gasteiger charge is -2.18. The summed E-state index contributed by atoms with van der Waals surface area (Å²) < 4.78 is 5.80. The predicted molar refractivity (Wildman–Crippen MR) is 104 cm³/mol. The Morgan fingerprint density at radius 3 is 2.52 bits per heavy atom. The smallest absolute Gasteiger partial charge is 0.261 e. The largest absolute Gasteiger partial charge is 0.481 e. The number of ether oxygens (including phenoxy) is 1. The zero-order valence-electron chi connectivity index (χ0n) is 14.5. The molecule has 2 rings (SSSR count). The topological polar surface area (TPSA) is 38.3 Å². The molecule has 134 valence electrons. The first-order valence-corrected chi connectivity index (χ1v) is 9.20. The van der Waals surface area contributed by atoms with Gasteiger partial charge in [-0.15, -0.1) is 0 Å². The van der Waals surface area contributed by atoms with Crippen LogP contribution in [-0.4, -0.2) is 18.6 Å². The summed E-state index contributed by atoms with van der Waals surface area (Å²) in [5.74, 6) is 0.566. The molecule has 25 heavy (non-hydrogen) atoms. The molecule has 0 saturated carbocycles. The molecule has 0 radical (unpaired) electrons. The van der Waals surface area contributed by atoms with Crippen LogP contribution in [0.5, 0.6) is 5.75 Å². The van der Waals surface area contributed by atoms with Crippen LogP contribution < -0.4 is 10.1 Å². The first kappa shape index (κ1) is 19.6. The SMILES string of the molecule is CC[C@H](Oc1ccc(Cl)c(C)c1)C(=O)NCCCc1ccc(Cl)cc1. The highest BCUT2D eigenvalue weighted by Crippen LogP contribution is 2.22. The summed E-state index contributed by atoms with van der Waals surface area (Å²) in [4.78, 5) is 12.3. The van der Waals surface area contributed by atoms with Crippen LogP contribution in [-0.2, 0) is 11.2 Å². The molecule has 0 aliphatic rings. The van der Waals surface area contributed by atoms with E-state index in [1.165, 1.54) is 5.56 Å². The second-order valence-corrected chi connectivity index (χ2v) is 6.79. The van der Waals surface area contributed by atoms with E-state index in [0.717, 1.165) is 23.4 Å². The lowest BCUT2D eigenvalue weighted by atomic mass is 10.1. The van der Waals surface area contributed by atoms with Gasteiger partial charge in [0.25, 0.3) is 5.91 Å². The van der Waals surface area contributed by atoms with Crippen LogP contribution in [0.3, 0.4) is 0 Å². The standard InChI is InChI=1S/C20H23Cl2NO2/c1-3-19(25-17-10-11-18(22)14(2)13-17)20(24)23-12-4-5-15-6-8-16(21)9-7-15/h6-11,13,19H,3-5,12H2,1-2H3,(H,23,24)/t19-/m0/s1. The third-order valence-corrected chi connectivity index (χ3v) is 4.60. The first-order chi connectivity index (χ1) is 12.0. The van der Waals surface area contributed by atoms with Gasteiger partial charge in [0.1, 0.15) is 5.75 Å². The molecule has 1 N–H and O–H groups in total. The van der Waals surface area contributed by atoms with E-state index in [9.17, 15) is 4.79 Å². The van der Waals surface area contributed by atoms with E-state index in [1.54, 1.807) is 12.1 Å². The molecule has 0 unspecified atom stereocenters. The van der Waals surface area contributed by atoms with E-state index in [-0.39, 0.29) is 5.91 Å². The van der Waals surface area contributed by atoms with Gasteiger partial charge in [-0.05, 0) is 67.6 Å². The molecule has 0 aliphatic carbocycles. The number of aryl methyl sites for hydroxylation is 2. The molecule has 0 fully saturated rings. The van der Waals surface area contributed by atoms with Crippen LogP contribution in [0.15, 0.2) is 42.5 Å². The van der Waals surface area contributed by atoms with Crippen molar-refractivity contribution in [1.82, 2.24) is 5.32 Å². The average molecular weight is 380 g/mol. The van der Waals surface area contributed by atoms with Gasteiger partial charge in [0.2, 0.25) is 0 Å². The maximum Gasteiger partial charge on any atom is 0.261 e. The summed E-state index contributed by atoms with van der Waals surface area (Å²) in [5.41, 5.74) is 2.14. The summed E-state index contributed by atoms with van der Waals surface area (Å²) in [7, 11) is 0. The zero-order valence-corrected chi connectivity index (χ0v) is 16.0. The Hall–Kier alpha value is -1.71. The Labute approximate surface area is 159 Å². The highest BCUT2D eigenvalue weighted by atomic mass is 35.5. The summed E-state index contributed by atoms with van der Waals surface area (Å²) in [6, 6.07) is 13.2. The van der Waals surface area contributed by atoms with Crippen molar-refractivity contribution in [2.75, 3.05) is 6.54 Å². The molecule has 0 heterocycles. The zero-order chi connectivity index (χ0) is 18.2. The van der Waals surface area contributed by atoms with Gasteiger partial charge in [0.15, 0.2) is 6.10 Å². The van der Waals surface area contributed by atoms with Gasteiger partial charge in [0.05, 0.1) is 0 Å². The molecule has 1 atom stereocenters. The third-order valence-electron chi connectivity index (χ3n) is 3.93. The lowest BCUT2D eigenvalue weighted by Crippen LogP contribution is -2.38. The third kappa shape index (κ3) is 6.26. The molecule has 5 heteroatoms. The van der Waals surface area contributed by atoms with E-state index in [4.69, 9.17) is 27.9 Å². The van der Waals surface area contributed by atoms with Gasteiger partial charge in [-0.2, -0.15) is 0 Å². The summed E-state index contributed by atoms with van der Waals surface area (Å²) in [6.07, 6.45) is 1.86. The van der Waals surface area contributed by atoms with Crippen molar-refractivity contribution in [3.63, 3.8) is 0 Å². The van der Waals surface area contributed by atoms with Crippen molar-refractivity contribution in [2.24, 2.45) is 0 Å². The number of hydrogen-bond donors (Lipinski definition) is 1. The number of amides is 1. The van der Waals surface area contributed by atoms with Crippen LogP contribution in [0.25, 0.3) is 0 Å². The fraction of sp³-hybridized carbons (Fsp3) is 0.350. The number of hydrogen-bond acceptors (Lipinski definition) is 2. The second-order valence-electron chi connectivity index (χ2n) is 5.95. The summed E-state index contributed by atoms with van der Waals surface area (Å²) in [5, 5.41) is 4.37. The Morgan fingerprint density at radius 2 is 1.88 bits per heavy atom. The number of benzene rings is 2. The number of carbonyl (C=O) groups is 1. The maximum atomic E-state index is 12.3. The minimum Gasteiger partial charge on any atom is -0.481 e. The quantitative estimate of drug-likeness (QED) is 0.639. The minimum atomic E-state index is -0.504. The molecular weight excluding hydrogens is 357 g/mol. The van der Waals surface area contributed by atoms with Crippen LogP contribution in [0.4, 0.5) is 0 Å². The number of carbonyl (C=O) groups excluding carboxylic acids is 1. The van der Waals surface area contributed by atoms with Crippen molar-refractivity contribution < 1.29 is 9.53 Å². The minimum absolute atomic E-state index is 0.0915. The van der Waals surface area contributed by atoms with Gasteiger partial charge in [-0.25, -0.2) is 0 Å². The number of rotatable bonds is 8. The first-order valence-electron chi connectivity index (χ1n) is 8.44. The van der Waals surface area contributed by atoms with Crippen molar-refractivity contribution in [3.8, 4) is 5.75 Å². The molecular formula is C20H23Cl2NO2. The van der Waals surface area contributed by atoms with Crippen LogP contribution in [0.2, 0.25) is 10.0 Å². The van der Waals surface area contributed by atoms with Crippen LogP contribution in [0, 0.1) is 6.92 Å². The fourth-order valence-electron chi connectivity index (χ4n) is 2.45. The molecule has 2 aromatic rings. The van der Waals surface area contributed by atoms with Gasteiger partial charge < -0.3 is 10.1 Å².